The van der Waals surface area contributed by atoms with Crippen LogP contribution in [-0.4, -0.2) is 33.5 Å². The summed E-state index contributed by atoms with van der Waals surface area (Å²) in [6, 6.07) is 6.73. The predicted octanol–water partition coefficient (Wildman–Crippen LogP) is 1.99. The van der Waals surface area contributed by atoms with Crippen LogP contribution in [0.25, 0.3) is 11.0 Å². The number of benzene rings is 1. The quantitative estimate of drug-likeness (QED) is 0.513. The van der Waals surface area contributed by atoms with Crippen molar-refractivity contribution >= 4 is 16.9 Å². The maximum atomic E-state index is 12.3. The molecule has 1 N–H and O–H groups in total. The first kappa shape index (κ1) is 17.7. The molecule has 1 aromatic carbocycles. The summed E-state index contributed by atoms with van der Waals surface area (Å²) in [5, 5.41) is 10.9. The highest BCUT2D eigenvalue weighted by Gasteiger charge is 2.14. The van der Waals surface area contributed by atoms with Crippen LogP contribution in [0, 0.1) is 0 Å². The summed E-state index contributed by atoms with van der Waals surface area (Å²) in [6.45, 7) is 4.87. The van der Waals surface area contributed by atoms with Gasteiger partial charge in [-0.3, -0.25) is 9.48 Å². The van der Waals surface area contributed by atoms with Crippen molar-refractivity contribution in [3.63, 3.8) is 0 Å². The summed E-state index contributed by atoms with van der Waals surface area (Å²) in [6.07, 6.45) is 4.03. The van der Waals surface area contributed by atoms with Crippen molar-refractivity contribution in [2.24, 2.45) is 0 Å². The summed E-state index contributed by atoms with van der Waals surface area (Å²) < 4.78 is 12.5. The fourth-order valence-electron chi connectivity index (χ4n) is 2.49. The number of rotatable bonds is 7. The first-order valence-electron chi connectivity index (χ1n) is 8.40. The van der Waals surface area contributed by atoms with E-state index in [1.54, 1.807) is 35.3 Å². The number of carbonyl (C=O) groups excluding carboxylic acids is 1. The second-order valence-electron chi connectivity index (χ2n) is 6.09. The van der Waals surface area contributed by atoms with Crippen molar-refractivity contribution in [1.82, 2.24) is 20.3 Å². The molecule has 0 aliphatic heterocycles. The minimum absolute atomic E-state index is 0.0155. The minimum atomic E-state index is -0.673. The zero-order valence-corrected chi connectivity index (χ0v) is 14.6. The monoisotopic (exact) mass is 356 g/mol. The van der Waals surface area contributed by atoms with Crippen LogP contribution in [0.5, 0.6) is 5.75 Å². The molecule has 3 rings (SSSR count). The second-order valence-corrected chi connectivity index (χ2v) is 6.09. The highest BCUT2D eigenvalue weighted by molar-refractivity contribution is 5.96. The van der Waals surface area contributed by atoms with Crippen molar-refractivity contribution in [2.45, 2.75) is 32.9 Å². The van der Waals surface area contributed by atoms with Crippen molar-refractivity contribution < 1.29 is 13.9 Å². The third-order valence-electron chi connectivity index (χ3n) is 3.65. The third kappa shape index (κ3) is 4.27. The van der Waals surface area contributed by atoms with E-state index in [0.717, 1.165) is 0 Å². The van der Waals surface area contributed by atoms with Crippen molar-refractivity contribution in [3.8, 4) is 5.75 Å². The summed E-state index contributed by atoms with van der Waals surface area (Å²) in [4.78, 5) is 24.4. The molecule has 2 aromatic heterocycles. The Balaban J connectivity index is 1.67. The van der Waals surface area contributed by atoms with Crippen molar-refractivity contribution in [3.05, 3.63) is 52.6 Å². The maximum absolute atomic E-state index is 12.3. The summed E-state index contributed by atoms with van der Waals surface area (Å²) in [7, 11) is 0. The SMILES string of the molecule is CC(C)Oc1ccc2cc(C(=O)NCCCn3ccnn3)c(=O)oc2c1. The van der Waals surface area contributed by atoms with Gasteiger partial charge in [-0.2, -0.15) is 0 Å². The largest absolute Gasteiger partial charge is 0.491 e. The van der Waals surface area contributed by atoms with Gasteiger partial charge in [0.15, 0.2) is 0 Å². The van der Waals surface area contributed by atoms with E-state index in [2.05, 4.69) is 15.6 Å². The van der Waals surface area contributed by atoms with Gasteiger partial charge in [0.2, 0.25) is 0 Å². The van der Waals surface area contributed by atoms with Crippen LogP contribution in [0.1, 0.15) is 30.6 Å². The zero-order chi connectivity index (χ0) is 18.5. The number of ether oxygens (including phenoxy) is 1. The van der Waals surface area contributed by atoms with Gasteiger partial charge in [-0.1, -0.05) is 5.21 Å². The van der Waals surface area contributed by atoms with E-state index in [4.69, 9.17) is 9.15 Å². The molecule has 136 valence electrons. The van der Waals surface area contributed by atoms with Gasteiger partial charge in [0.1, 0.15) is 16.9 Å². The number of aromatic nitrogens is 3. The molecule has 2 heterocycles. The first-order chi connectivity index (χ1) is 12.5. The fraction of sp³-hybridized carbons (Fsp3) is 0.333. The highest BCUT2D eigenvalue weighted by Crippen LogP contribution is 2.21. The van der Waals surface area contributed by atoms with E-state index in [9.17, 15) is 9.59 Å². The number of aryl methyl sites for hydroxylation is 1. The first-order valence-corrected chi connectivity index (χ1v) is 8.40. The Morgan fingerprint density at radius 1 is 1.35 bits per heavy atom. The number of amides is 1. The smallest absolute Gasteiger partial charge is 0.349 e. The van der Waals surface area contributed by atoms with Crippen LogP contribution in [0.3, 0.4) is 0 Å². The molecule has 0 saturated carbocycles. The molecule has 3 aromatic rings. The number of nitrogens with zero attached hydrogens (tertiary/aromatic N) is 3. The summed E-state index contributed by atoms with van der Waals surface area (Å²) in [5.74, 6) is 0.155. The van der Waals surface area contributed by atoms with E-state index in [1.165, 1.54) is 6.07 Å². The molecule has 8 heteroatoms. The Kier molecular flexibility index (Phi) is 5.31. The molecular formula is C18H20N4O4. The molecule has 0 radical (unpaired) electrons. The van der Waals surface area contributed by atoms with E-state index in [1.807, 2.05) is 13.8 Å². The van der Waals surface area contributed by atoms with Crippen LogP contribution < -0.4 is 15.7 Å². The summed E-state index contributed by atoms with van der Waals surface area (Å²) >= 11 is 0. The highest BCUT2D eigenvalue weighted by atomic mass is 16.5. The number of hydrogen-bond donors (Lipinski definition) is 1. The van der Waals surface area contributed by atoms with Gasteiger partial charge in [-0.25, -0.2) is 4.79 Å². The maximum Gasteiger partial charge on any atom is 0.349 e. The Bertz CT molecular complexity index is 947. The van der Waals surface area contributed by atoms with Gasteiger partial charge in [-0.05, 0) is 38.5 Å². The number of fused-ring (bicyclic) bond motifs is 1. The number of carbonyl (C=O) groups is 1. The third-order valence-corrected chi connectivity index (χ3v) is 3.65. The molecular weight excluding hydrogens is 336 g/mol. The molecule has 0 aliphatic carbocycles. The number of nitrogens with one attached hydrogen (secondary N) is 1. The van der Waals surface area contributed by atoms with Gasteiger partial charge in [0, 0.05) is 30.7 Å². The molecule has 0 fully saturated rings. The van der Waals surface area contributed by atoms with Crippen LogP contribution in [0.2, 0.25) is 0 Å². The lowest BCUT2D eigenvalue weighted by molar-refractivity contribution is 0.0949. The molecule has 8 nitrogen and oxygen atoms in total. The Morgan fingerprint density at radius 2 is 2.19 bits per heavy atom. The standard InChI is InChI=1S/C18H20N4O4/c1-12(2)25-14-5-4-13-10-15(18(24)26-16(13)11-14)17(23)19-6-3-8-22-9-7-20-21-22/h4-5,7,9-12H,3,6,8H2,1-2H3,(H,19,23). The molecule has 0 spiro atoms. The van der Waals surface area contributed by atoms with Gasteiger partial charge >= 0.3 is 5.63 Å². The van der Waals surface area contributed by atoms with Gasteiger partial charge in [0.05, 0.1) is 12.3 Å². The minimum Gasteiger partial charge on any atom is -0.491 e. The average molecular weight is 356 g/mol. The van der Waals surface area contributed by atoms with Crippen molar-refractivity contribution in [1.29, 1.82) is 0 Å². The van der Waals surface area contributed by atoms with E-state index in [-0.39, 0.29) is 11.7 Å². The molecule has 26 heavy (non-hydrogen) atoms. The predicted molar refractivity (Wildman–Crippen MR) is 95.2 cm³/mol. The molecule has 0 saturated heterocycles. The lowest BCUT2D eigenvalue weighted by Crippen LogP contribution is -2.29. The Hall–Kier alpha value is -3.16. The fourth-order valence-corrected chi connectivity index (χ4v) is 2.49. The van der Waals surface area contributed by atoms with Crippen LogP contribution >= 0.6 is 0 Å². The topological polar surface area (TPSA) is 99.2 Å². The lowest BCUT2D eigenvalue weighted by atomic mass is 10.1. The van der Waals surface area contributed by atoms with Crippen molar-refractivity contribution in [2.75, 3.05) is 6.54 Å². The second kappa shape index (κ2) is 7.81. The van der Waals surface area contributed by atoms with Crippen LogP contribution in [0.15, 0.2) is 45.9 Å². The zero-order valence-electron chi connectivity index (χ0n) is 14.6. The van der Waals surface area contributed by atoms with Crippen LogP contribution in [0.4, 0.5) is 0 Å². The average Bonchev–Trinajstić information content (AvgIpc) is 3.10. The van der Waals surface area contributed by atoms with Gasteiger partial charge in [0.25, 0.3) is 5.91 Å². The van der Waals surface area contributed by atoms with E-state index < -0.39 is 11.5 Å². The Morgan fingerprint density at radius 3 is 2.92 bits per heavy atom. The van der Waals surface area contributed by atoms with E-state index in [0.29, 0.717) is 36.2 Å². The molecule has 0 atom stereocenters. The van der Waals surface area contributed by atoms with Gasteiger partial charge < -0.3 is 14.5 Å². The van der Waals surface area contributed by atoms with Crippen LogP contribution in [-0.2, 0) is 6.54 Å². The molecule has 0 aliphatic rings. The molecule has 1 amide bonds. The Labute approximate surface area is 149 Å². The summed E-state index contributed by atoms with van der Waals surface area (Å²) in [5.41, 5.74) is -0.306. The normalized spacial score (nSPS) is 11.0. The molecule has 0 unspecified atom stereocenters. The lowest BCUT2D eigenvalue weighted by Gasteiger charge is -2.10. The van der Waals surface area contributed by atoms with E-state index >= 15 is 0 Å². The van der Waals surface area contributed by atoms with Gasteiger partial charge in [-0.15, -0.1) is 5.10 Å². The molecule has 0 bridgehead atoms. The number of hydrogen-bond acceptors (Lipinski definition) is 6.